The molecule has 34 heavy (non-hydrogen) atoms. The van der Waals surface area contributed by atoms with Gasteiger partial charge in [0.15, 0.2) is 17.3 Å². The van der Waals surface area contributed by atoms with Crippen LogP contribution in [0.15, 0.2) is 71.9 Å². The number of hydrogen-bond acceptors (Lipinski definition) is 5. The molecular formula is C29H34O4S. The van der Waals surface area contributed by atoms with Crippen molar-refractivity contribution in [2.75, 3.05) is 0 Å². The Morgan fingerprint density at radius 3 is 2.44 bits per heavy atom. The predicted octanol–water partition coefficient (Wildman–Crippen LogP) is 6.82. The van der Waals surface area contributed by atoms with E-state index in [1.165, 1.54) is 17.4 Å². The molecule has 0 spiro atoms. The van der Waals surface area contributed by atoms with Crippen molar-refractivity contribution >= 4 is 34.8 Å². The lowest BCUT2D eigenvalue weighted by Gasteiger charge is -2.60. The van der Waals surface area contributed by atoms with Gasteiger partial charge in [-0.25, -0.2) is 0 Å². The molecule has 1 heterocycles. The molecule has 1 saturated carbocycles. The third-order valence-electron chi connectivity index (χ3n) is 7.78. The molecule has 2 aliphatic rings. The van der Waals surface area contributed by atoms with Crippen LogP contribution in [-0.4, -0.2) is 22.5 Å². The van der Waals surface area contributed by atoms with Crippen LogP contribution in [0, 0.1) is 22.2 Å². The third-order valence-corrected chi connectivity index (χ3v) is 8.62. The van der Waals surface area contributed by atoms with E-state index in [4.69, 9.17) is 0 Å². The van der Waals surface area contributed by atoms with Crippen molar-refractivity contribution in [1.82, 2.24) is 0 Å². The quantitative estimate of drug-likeness (QED) is 0.183. The molecule has 0 unspecified atom stereocenters. The highest BCUT2D eigenvalue weighted by Crippen LogP contribution is 2.66. The molecule has 0 radical (unpaired) electrons. The van der Waals surface area contributed by atoms with E-state index in [-0.39, 0.29) is 30.1 Å². The summed E-state index contributed by atoms with van der Waals surface area (Å²) in [6.45, 7) is 15.6. The number of aliphatic hydroxyl groups excluding tert-OH is 1. The molecule has 3 rings (SSSR count). The maximum absolute atomic E-state index is 14.2. The summed E-state index contributed by atoms with van der Waals surface area (Å²) in [5, 5.41) is 13.4. The third kappa shape index (κ3) is 3.80. The number of rotatable bonds is 9. The first-order chi connectivity index (χ1) is 16.0. The molecule has 180 valence electrons. The second-order valence-electron chi connectivity index (χ2n) is 10.2. The molecule has 0 aliphatic heterocycles. The van der Waals surface area contributed by atoms with Crippen LogP contribution in [-0.2, 0) is 14.4 Å². The lowest BCUT2D eigenvalue weighted by molar-refractivity contribution is -0.171. The standard InChI is InChI=1S/C29H34O4S/c1-7-15-28-18-20(12-11-19(3)4)27(5,6)29(16-8-2,26(28)33)25(32)23(24(28)31)22(30)14-13-21-10-9-17-34-21/h7-11,13-14,17,20,31H,1-2,12,15-16,18H2,3-6H3/b14-13+/t20-,28-,29+/m1/s1. The molecule has 0 aromatic carbocycles. The van der Waals surface area contributed by atoms with Crippen LogP contribution in [0.4, 0.5) is 0 Å². The lowest BCUT2D eigenvalue weighted by atomic mass is 9.40. The Hall–Kier alpha value is -2.79. The molecule has 5 heteroatoms. The summed E-state index contributed by atoms with van der Waals surface area (Å²) in [4.78, 5) is 42.6. The van der Waals surface area contributed by atoms with Crippen molar-refractivity contribution in [2.24, 2.45) is 22.2 Å². The minimum Gasteiger partial charge on any atom is -0.510 e. The highest BCUT2D eigenvalue weighted by molar-refractivity contribution is 7.10. The fourth-order valence-corrected chi connectivity index (χ4v) is 6.39. The topological polar surface area (TPSA) is 71.4 Å². The van der Waals surface area contributed by atoms with Gasteiger partial charge in [-0.1, -0.05) is 43.7 Å². The molecule has 1 aromatic rings. The number of hydrogen-bond donors (Lipinski definition) is 1. The van der Waals surface area contributed by atoms with Gasteiger partial charge in [-0.15, -0.1) is 24.5 Å². The molecule has 0 amide bonds. The summed E-state index contributed by atoms with van der Waals surface area (Å²) < 4.78 is 0. The Balaban J connectivity index is 2.27. The molecule has 2 bridgehead atoms. The van der Waals surface area contributed by atoms with Crippen molar-refractivity contribution < 1.29 is 19.5 Å². The second kappa shape index (κ2) is 9.46. The number of carbonyl (C=O) groups excluding carboxylic acids is 3. The average molecular weight is 479 g/mol. The molecule has 1 fully saturated rings. The van der Waals surface area contributed by atoms with Gasteiger partial charge in [0.05, 0.1) is 5.41 Å². The van der Waals surface area contributed by atoms with E-state index in [1.807, 2.05) is 45.2 Å². The van der Waals surface area contributed by atoms with E-state index < -0.39 is 33.6 Å². The van der Waals surface area contributed by atoms with Crippen LogP contribution < -0.4 is 0 Å². The van der Waals surface area contributed by atoms with Gasteiger partial charge in [0.25, 0.3) is 0 Å². The summed E-state index contributed by atoms with van der Waals surface area (Å²) in [6.07, 6.45) is 9.54. The Bertz CT molecular complexity index is 1110. The fraction of sp³-hybridized carbons (Fsp3) is 0.414. The number of allylic oxidation sites excluding steroid dienone is 7. The summed E-state index contributed by atoms with van der Waals surface area (Å²) in [5.41, 5.74) is -2.71. The average Bonchev–Trinajstić information content (AvgIpc) is 3.29. The maximum atomic E-state index is 14.2. The van der Waals surface area contributed by atoms with Crippen LogP contribution in [0.1, 0.15) is 58.3 Å². The fourth-order valence-electron chi connectivity index (χ4n) is 5.77. The van der Waals surface area contributed by atoms with E-state index in [2.05, 4.69) is 19.2 Å². The van der Waals surface area contributed by atoms with Crippen LogP contribution >= 0.6 is 11.3 Å². The van der Waals surface area contributed by atoms with Gasteiger partial charge in [-0.05, 0) is 74.5 Å². The summed E-state index contributed by atoms with van der Waals surface area (Å²) in [5.74, 6) is -1.96. The largest absolute Gasteiger partial charge is 0.510 e. The van der Waals surface area contributed by atoms with E-state index in [0.29, 0.717) is 12.8 Å². The summed E-state index contributed by atoms with van der Waals surface area (Å²) in [7, 11) is 0. The highest BCUT2D eigenvalue weighted by Gasteiger charge is 2.71. The normalized spacial score (nSPS) is 28.2. The number of thiophene rings is 1. The van der Waals surface area contributed by atoms with Gasteiger partial charge in [-0.3, -0.25) is 14.4 Å². The van der Waals surface area contributed by atoms with Gasteiger partial charge in [0.2, 0.25) is 0 Å². The number of ketones is 3. The molecule has 0 saturated heterocycles. The number of aliphatic hydroxyl groups is 1. The van der Waals surface area contributed by atoms with Crippen molar-refractivity contribution in [1.29, 1.82) is 0 Å². The minimum absolute atomic E-state index is 0.0654. The molecular weight excluding hydrogens is 444 g/mol. The van der Waals surface area contributed by atoms with Gasteiger partial charge in [0, 0.05) is 4.88 Å². The Kier molecular flexibility index (Phi) is 7.18. The first kappa shape index (κ1) is 25.8. The molecule has 1 N–H and O–H groups in total. The monoisotopic (exact) mass is 478 g/mol. The van der Waals surface area contributed by atoms with Crippen molar-refractivity contribution in [3.8, 4) is 0 Å². The van der Waals surface area contributed by atoms with Crippen molar-refractivity contribution in [2.45, 2.75) is 53.4 Å². The second-order valence-corrected chi connectivity index (χ2v) is 11.2. The first-order valence-corrected chi connectivity index (χ1v) is 12.5. The van der Waals surface area contributed by atoms with Gasteiger partial charge in [0.1, 0.15) is 16.7 Å². The number of carbonyl (C=O) groups is 3. The minimum atomic E-state index is -1.48. The Morgan fingerprint density at radius 1 is 1.21 bits per heavy atom. The number of fused-ring (bicyclic) bond motifs is 2. The SMILES string of the molecule is C=CC[C@@]12C[C@@H](CC=C(C)C)C(C)(C)[C@@](CC=C)(C(=O)C(C(=O)/C=C/c3cccs3)=C1O)C2=O. The Labute approximate surface area is 206 Å². The van der Waals surface area contributed by atoms with Crippen LogP contribution in [0.5, 0.6) is 0 Å². The number of Topliss-reactive ketones (excluding diaryl/α,β-unsaturated/α-hetero) is 2. The molecule has 3 atom stereocenters. The van der Waals surface area contributed by atoms with Gasteiger partial charge < -0.3 is 5.11 Å². The van der Waals surface area contributed by atoms with Gasteiger partial charge >= 0.3 is 0 Å². The molecule has 2 aliphatic carbocycles. The predicted molar refractivity (Wildman–Crippen MR) is 138 cm³/mol. The van der Waals surface area contributed by atoms with Gasteiger partial charge in [-0.2, -0.15) is 0 Å². The van der Waals surface area contributed by atoms with Crippen LogP contribution in [0.3, 0.4) is 0 Å². The highest BCUT2D eigenvalue weighted by atomic mass is 32.1. The maximum Gasteiger partial charge on any atom is 0.192 e. The zero-order chi connectivity index (χ0) is 25.3. The van der Waals surface area contributed by atoms with E-state index in [9.17, 15) is 19.5 Å². The van der Waals surface area contributed by atoms with Crippen molar-refractivity contribution in [3.63, 3.8) is 0 Å². The smallest absolute Gasteiger partial charge is 0.192 e. The molecule has 4 nitrogen and oxygen atoms in total. The Morgan fingerprint density at radius 2 is 1.88 bits per heavy atom. The first-order valence-electron chi connectivity index (χ1n) is 11.6. The molecule has 1 aromatic heterocycles. The van der Waals surface area contributed by atoms with Crippen LogP contribution in [0.25, 0.3) is 6.08 Å². The van der Waals surface area contributed by atoms with E-state index in [0.717, 1.165) is 10.5 Å². The summed E-state index contributed by atoms with van der Waals surface area (Å²) in [6, 6.07) is 3.73. The van der Waals surface area contributed by atoms with Crippen LogP contribution in [0.2, 0.25) is 0 Å². The van der Waals surface area contributed by atoms with Crippen molar-refractivity contribution in [3.05, 3.63) is 76.8 Å². The van der Waals surface area contributed by atoms with E-state index >= 15 is 0 Å². The zero-order valence-electron chi connectivity index (χ0n) is 20.5. The summed E-state index contributed by atoms with van der Waals surface area (Å²) >= 11 is 1.46. The van der Waals surface area contributed by atoms with E-state index in [1.54, 1.807) is 18.2 Å². The lowest BCUT2D eigenvalue weighted by Crippen LogP contribution is -2.67. The zero-order valence-corrected chi connectivity index (χ0v) is 21.3.